The SMILES string of the molecule is CCc1ccccc1NC(=O)[C@H]1CCCN(S(=O)(=O)c2cc(F)ccc2OC)C1. The lowest BCUT2D eigenvalue weighted by Gasteiger charge is -2.31. The molecule has 1 amide bonds. The van der Waals surface area contributed by atoms with Crippen molar-refractivity contribution in [2.75, 3.05) is 25.5 Å². The van der Waals surface area contributed by atoms with Crippen molar-refractivity contribution in [1.29, 1.82) is 0 Å². The molecule has 29 heavy (non-hydrogen) atoms. The lowest BCUT2D eigenvalue weighted by molar-refractivity contribution is -0.120. The number of para-hydroxylation sites is 1. The van der Waals surface area contributed by atoms with Gasteiger partial charge in [0.25, 0.3) is 0 Å². The Balaban J connectivity index is 1.80. The highest BCUT2D eigenvalue weighted by atomic mass is 32.2. The Morgan fingerprint density at radius 2 is 2.03 bits per heavy atom. The molecule has 0 radical (unpaired) electrons. The second-order valence-corrected chi connectivity index (χ2v) is 8.90. The molecule has 2 aromatic carbocycles. The highest BCUT2D eigenvalue weighted by Crippen LogP contribution is 2.31. The van der Waals surface area contributed by atoms with Crippen molar-refractivity contribution in [2.24, 2.45) is 5.92 Å². The quantitative estimate of drug-likeness (QED) is 0.777. The largest absolute Gasteiger partial charge is 0.495 e. The van der Waals surface area contributed by atoms with Gasteiger partial charge in [-0.1, -0.05) is 25.1 Å². The third-order valence-corrected chi connectivity index (χ3v) is 7.04. The maximum atomic E-state index is 13.7. The van der Waals surface area contributed by atoms with Crippen LogP contribution >= 0.6 is 0 Å². The van der Waals surface area contributed by atoms with E-state index in [0.29, 0.717) is 12.8 Å². The number of carbonyl (C=O) groups excluding carboxylic acids is 1. The van der Waals surface area contributed by atoms with Crippen molar-refractivity contribution in [3.05, 3.63) is 53.8 Å². The predicted molar refractivity (Wildman–Crippen MR) is 109 cm³/mol. The van der Waals surface area contributed by atoms with Crippen LogP contribution in [0.1, 0.15) is 25.3 Å². The molecule has 1 saturated heterocycles. The van der Waals surface area contributed by atoms with E-state index in [1.807, 2.05) is 31.2 Å². The Morgan fingerprint density at radius 3 is 2.76 bits per heavy atom. The van der Waals surface area contributed by atoms with Crippen molar-refractivity contribution >= 4 is 21.6 Å². The second-order valence-electron chi connectivity index (χ2n) is 7.00. The molecule has 1 atom stereocenters. The van der Waals surface area contributed by atoms with Crippen LogP contribution < -0.4 is 10.1 Å². The zero-order valence-corrected chi connectivity index (χ0v) is 17.3. The zero-order valence-electron chi connectivity index (χ0n) is 16.5. The van der Waals surface area contributed by atoms with Crippen LogP contribution in [-0.2, 0) is 21.2 Å². The van der Waals surface area contributed by atoms with Crippen molar-refractivity contribution in [2.45, 2.75) is 31.1 Å². The number of benzene rings is 2. The number of carbonyl (C=O) groups is 1. The van der Waals surface area contributed by atoms with Gasteiger partial charge in [-0.3, -0.25) is 4.79 Å². The number of methoxy groups -OCH3 is 1. The number of ether oxygens (including phenoxy) is 1. The third-order valence-electron chi connectivity index (χ3n) is 5.15. The number of hydrogen-bond donors (Lipinski definition) is 1. The average Bonchev–Trinajstić information content (AvgIpc) is 2.74. The van der Waals surface area contributed by atoms with Crippen LogP contribution in [0.15, 0.2) is 47.4 Å². The molecule has 156 valence electrons. The molecule has 0 spiro atoms. The van der Waals surface area contributed by atoms with E-state index in [1.165, 1.54) is 17.5 Å². The molecule has 0 aromatic heterocycles. The minimum atomic E-state index is -3.99. The molecule has 1 fully saturated rings. The van der Waals surface area contributed by atoms with Gasteiger partial charge in [-0.2, -0.15) is 4.31 Å². The van der Waals surface area contributed by atoms with E-state index in [-0.39, 0.29) is 29.6 Å². The summed E-state index contributed by atoms with van der Waals surface area (Å²) in [6.07, 6.45) is 1.91. The van der Waals surface area contributed by atoms with E-state index >= 15 is 0 Å². The lowest BCUT2D eigenvalue weighted by atomic mass is 9.98. The van der Waals surface area contributed by atoms with Crippen LogP contribution in [0.3, 0.4) is 0 Å². The Morgan fingerprint density at radius 1 is 1.28 bits per heavy atom. The number of rotatable bonds is 6. The first-order valence-corrected chi connectivity index (χ1v) is 11.0. The first-order valence-electron chi connectivity index (χ1n) is 9.59. The van der Waals surface area contributed by atoms with Gasteiger partial charge in [-0.15, -0.1) is 0 Å². The van der Waals surface area contributed by atoms with Crippen molar-refractivity contribution in [3.63, 3.8) is 0 Å². The summed E-state index contributed by atoms with van der Waals surface area (Å²) in [5.74, 6) is -1.28. The van der Waals surface area contributed by atoms with Crippen molar-refractivity contribution < 1.29 is 22.3 Å². The molecule has 6 nitrogen and oxygen atoms in total. The van der Waals surface area contributed by atoms with Gasteiger partial charge in [0.2, 0.25) is 15.9 Å². The van der Waals surface area contributed by atoms with E-state index in [9.17, 15) is 17.6 Å². The molecular weight excluding hydrogens is 395 g/mol. The first kappa shape index (κ1) is 21.3. The van der Waals surface area contributed by atoms with Crippen LogP contribution in [-0.4, -0.2) is 38.8 Å². The Kier molecular flexibility index (Phi) is 6.54. The van der Waals surface area contributed by atoms with E-state index in [4.69, 9.17) is 4.74 Å². The van der Waals surface area contributed by atoms with E-state index in [2.05, 4.69) is 5.32 Å². The highest BCUT2D eigenvalue weighted by molar-refractivity contribution is 7.89. The minimum Gasteiger partial charge on any atom is -0.495 e. The highest BCUT2D eigenvalue weighted by Gasteiger charge is 2.35. The number of piperidine rings is 1. The molecule has 2 aromatic rings. The molecule has 0 bridgehead atoms. The second kappa shape index (κ2) is 8.92. The maximum absolute atomic E-state index is 13.7. The van der Waals surface area contributed by atoms with Gasteiger partial charge in [0.05, 0.1) is 13.0 Å². The summed E-state index contributed by atoms with van der Waals surface area (Å²) in [6, 6.07) is 10.9. The van der Waals surface area contributed by atoms with Gasteiger partial charge >= 0.3 is 0 Å². The Hall–Kier alpha value is -2.45. The van der Waals surface area contributed by atoms with Crippen LogP contribution in [0.25, 0.3) is 0 Å². The molecule has 3 rings (SSSR count). The van der Waals surface area contributed by atoms with E-state index < -0.39 is 21.8 Å². The number of sulfonamides is 1. The van der Waals surface area contributed by atoms with E-state index in [0.717, 1.165) is 29.8 Å². The average molecular weight is 421 g/mol. The van der Waals surface area contributed by atoms with Gasteiger partial charge < -0.3 is 10.1 Å². The topological polar surface area (TPSA) is 75.7 Å². The van der Waals surface area contributed by atoms with Crippen LogP contribution in [0.2, 0.25) is 0 Å². The molecule has 1 heterocycles. The summed E-state index contributed by atoms with van der Waals surface area (Å²) in [4.78, 5) is 12.6. The summed E-state index contributed by atoms with van der Waals surface area (Å²) in [5, 5.41) is 2.93. The van der Waals surface area contributed by atoms with Crippen LogP contribution in [0.4, 0.5) is 10.1 Å². The standard InChI is InChI=1S/C21H25FN2O4S/c1-3-15-7-4-5-9-18(15)23-21(25)16-8-6-12-24(14-16)29(26,27)20-13-17(22)10-11-19(20)28-2/h4-5,7,9-11,13,16H,3,6,8,12,14H2,1-2H3,(H,23,25)/t16-/m0/s1. The number of hydrogen-bond acceptors (Lipinski definition) is 4. The van der Waals surface area contributed by atoms with Crippen LogP contribution in [0, 0.1) is 11.7 Å². The molecule has 1 aliphatic heterocycles. The molecule has 0 aliphatic carbocycles. The normalized spacial score (nSPS) is 17.7. The smallest absolute Gasteiger partial charge is 0.246 e. The summed E-state index contributed by atoms with van der Waals surface area (Å²) in [7, 11) is -2.65. The molecule has 8 heteroatoms. The van der Waals surface area contributed by atoms with Gasteiger partial charge in [0.1, 0.15) is 16.5 Å². The fraction of sp³-hybridized carbons (Fsp3) is 0.381. The molecule has 1 aliphatic rings. The fourth-order valence-corrected chi connectivity index (χ4v) is 5.24. The predicted octanol–water partition coefficient (Wildman–Crippen LogP) is 3.44. The minimum absolute atomic E-state index is 0.0438. The Bertz CT molecular complexity index is 994. The fourth-order valence-electron chi connectivity index (χ4n) is 3.55. The molecule has 0 unspecified atom stereocenters. The number of anilines is 1. The van der Waals surface area contributed by atoms with Gasteiger partial charge in [0.15, 0.2) is 0 Å². The summed E-state index contributed by atoms with van der Waals surface area (Å²) in [5.41, 5.74) is 1.76. The van der Waals surface area contributed by atoms with Gasteiger partial charge in [-0.05, 0) is 49.1 Å². The van der Waals surface area contributed by atoms with Crippen molar-refractivity contribution in [3.8, 4) is 5.75 Å². The number of halogens is 1. The first-order chi connectivity index (χ1) is 13.9. The van der Waals surface area contributed by atoms with Crippen molar-refractivity contribution in [1.82, 2.24) is 4.31 Å². The number of amides is 1. The lowest BCUT2D eigenvalue weighted by Crippen LogP contribution is -2.43. The summed E-state index contributed by atoms with van der Waals surface area (Å²) >= 11 is 0. The summed E-state index contributed by atoms with van der Waals surface area (Å²) in [6.45, 7) is 2.33. The van der Waals surface area contributed by atoms with Crippen LogP contribution in [0.5, 0.6) is 5.75 Å². The number of nitrogens with zero attached hydrogens (tertiary/aromatic N) is 1. The van der Waals surface area contributed by atoms with Gasteiger partial charge in [0, 0.05) is 18.8 Å². The number of aryl methyl sites for hydroxylation is 1. The maximum Gasteiger partial charge on any atom is 0.246 e. The summed E-state index contributed by atoms with van der Waals surface area (Å²) < 4.78 is 46.2. The molecular formula is C21H25FN2O4S. The molecule has 1 N–H and O–H groups in total. The van der Waals surface area contributed by atoms with Gasteiger partial charge in [-0.25, -0.2) is 12.8 Å². The third kappa shape index (κ3) is 4.59. The number of nitrogens with one attached hydrogen (secondary N) is 1. The monoisotopic (exact) mass is 420 g/mol. The molecule has 0 saturated carbocycles. The van der Waals surface area contributed by atoms with E-state index in [1.54, 1.807) is 0 Å². The Labute approximate surface area is 170 Å². The zero-order chi connectivity index (χ0) is 21.0.